The van der Waals surface area contributed by atoms with Gasteiger partial charge in [0.05, 0.1) is 7.11 Å². The highest BCUT2D eigenvalue weighted by Crippen LogP contribution is 2.33. The van der Waals surface area contributed by atoms with Crippen LogP contribution in [0.2, 0.25) is 0 Å². The fraction of sp³-hybridized carbons (Fsp3) is 0.429. The molecule has 0 fully saturated rings. The molecule has 0 saturated carbocycles. The Morgan fingerprint density at radius 3 is 2.67 bits per heavy atom. The minimum atomic E-state index is -1.01. The quantitative estimate of drug-likeness (QED) is 0.436. The van der Waals surface area contributed by atoms with Gasteiger partial charge in [-0.2, -0.15) is 0 Å². The van der Waals surface area contributed by atoms with Crippen LogP contribution in [0.3, 0.4) is 0 Å². The normalized spacial score (nSPS) is 24.1. The van der Waals surface area contributed by atoms with Crippen LogP contribution in [0, 0.1) is 0 Å². The van der Waals surface area contributed by atoms with Crippen LogP contribution in [0.4, 0.5) is 0 Å². The van der Waals surface area contributed by atoms with Gasteiger partial charge in [-0.05, 0) is 20.8 Å². The van der Waals surface area contributed by atoms with Crippen molar-refractivity contribution >= 4 is 11.8 Å². The van der Waals surface area contributed by atoms with Gasteiger partial charge in [-0.25, -0.2) is 4.79 Å². The molecule has 0 aromatic rings. The number of ketones is 1. The molecule has 0 unspecified atom stereocenters. The first-order valence-electron chi connectivity index (χ1n) is 5.77. The molecular weight excluding hydrogens is 232 g/mol. The highest BCUT2D eigenvalue weighted by molar-refractivity contribution is 6.22. The van der Waals surface area contributed by atoms with Crippen LogP contribution in [0.1, 0.15) is 27.2 Å². The number of ether oxygens (including phenoxy) is 2. The predicted molar refractivity (Wildman–Crippen MR) is 67.8 cm³/mol. The molecule has 18 heavy (non-hydrogen) atoms. The molecule has 0 aromatic heterocycles. The summed E-state index contributed by atoms with van der Waals surface area (Å²) in [5.74, 6) is -0.635. The molecule has 0 N–H and O–H groups in total. The van der Waals surface area contributed by atoms with Crippen LogP contribution in [0.5, 0.6) is 0 Å². The average molecular weight is 250 g/mol. The molecule has 0 aliphatic carbocycles. The lowest BCUT2D eigenvalue weighted by atomic mass is 9.93. The number of allylic oxidation sites excluding steroid dienone is 4. The number of carbonyl (C=O) groups is 2. The zero-order chi connectivity index (χ0) is 13.8. The van der Waals surface area contributed by atoms with Crippen molar-refractivity contribution in [3.05, 3.63) is 35.6 Å². The van der Waals surface area contributed by atoms with Crippen molar-refractivity contribution in [3.63, 3.8) is 0 Å². The molecule has 1 aliphatic rings. The first-order valence-corrected chi connectivity index (χ1v) is 5.77. The van der Waals surface area contributed by atoms with Crippen LogP contribution in [0.25, 0.3) is 0 Å². The lowest BCUT2D eigenvalue weighted by molar-refractivity contribution is -0.139. The summed E-state index contributed by atoms with van der Waals surface area (Å²) in [6.45, 7) is 5.18. The molecule has 1 atom stereocenters. The SMILES string of the molecule is C/C=C/C=C/C[C@]1(C)OC(C)=C(C(=O)OC)C1=O. The Hall–Kier alpha value is -1.84. The third-order valence-electron chi connectivity index (χ3n) is 2.77. The fourth-order valence-corrected chi connectivity index (χ4v) is 1.82. The monoisotopic (exact) mass is 250 g/mol. The number of rotatable bonds is 4. The first-order chi connectivity index (χ1) is 8.46. The maximum absolute atomic E-state index is 12.2. The van der Waals surface area contributed by atoms with Crippen molar-refractivity contribution in [1.82, 2.24) is 0 Å². The summed E-state index contributed by atoms with van der Waals surface area (Å²) < 4.78 is 10.1. The van der Waals surface area contributed by atoms with Gasteiger partial charge in [-0.3, -0.25) is 4.79 Å². The van der Waals surface area contributed by atoms with E-state index in [0.717, 1.165) is 0 Å². The first kappa shape index (κ1) is 14.2. The molecule has 98 valence electrons. The lowest BCUT2D eigenvalue weighted by Crippen LogP contribution is -2.34. The van der Waals surface area contributed by atoms with E-state index < -0.39 is 11.6 Å². The Labute approximate surface area is 107 Å². The second kappa shape index (κ2) is 5.67. The Bertz CT molecular complexity index is 443. The summed E-state index contributed by atoms with van der Waals surface area (Å²) in [6.07, 6.45) is 7.84. The number of Topliss-reactive ketones (excluding diaryl/α,β-unsaturated/α-hetero) is 1. The van der Waals surface area contributed by atoms with E-state index in [1.54, 1.807) is 13.8 Å². The standard InChI is InChI=1S/C14H18O4/c1-5-6-7-8-9-14(3)12(15)11(10(2)18-14)13(16)17-4/h5-8H,9H2,1-4H3/b6-5+,8-7+/t14-/m0/s1. The van der Waals surface area contributed by atoms with Crippen LogP contribution in [0.15, 0.2) is 35.6 Å². The highest BCUT2D eigenvalue weighted by atomic mass is 16.5. The largest absolute Gasteiger partial charge is 0.483 e. The highest BCUT2D eigenvalue weighted by Gasteiger charge is 2.46. The van der Waals surface area contributed by atoms with Gasteiger partial charge < -0.3 is 9.47 Å². The second-order valence-corrected chi connectivity index (χ2v) is 4.24. The Morgan fingerprint density at radius 1 is 1.44 bits per heavy atom. The van der Waals surface area contributed by atoms with Gasteiger partial charge in [-0.1, -0.05) is 24.3 Å². The van der Waals surface area contributed by atoms with Crippen LogP contribution >= 0.6 is 0 Å². The van der Waals surface area contributed by atoms with Gasteiger partial charge in [0.25, 0.3) is 0 Å². The van der Waals surface area contributed by atoms with Gasteiger partial charge in [-0.15, -0.1) is 0 Å². The lowest BCUT2D eigenvalue weighted by Gasteiger charge is -2.21. The van der Waals surface area contributed by atoms with E-state index in [0.29, 0.717) is 12.2 Å². The minimum Gasteiger partial charge on any atom is -0.483 e. The van der Waals surface area contributed by atoms with E-state index in [1.165, 1.54) is 7.11 Å². The van der Waals surface area contributed by atoms with E-state index in [-0.39, 0.29) is 11.4 Å². The Kier molecular flexibility index (Phi) is 4.48. The zero-order valence-electron chi connectivity index (χ0n) is 11.1. The van der Waals surface area contributed by atoms with Gasteiger partial charge in [0.2, 0.25) is 5.78 Å². The van der Waals surface area contributed by atoms with Gasteiger partial charge >= 0.3 is 5.97 Å². The van der Waals surface area contributed by atoms with E-state index in [9.17, 15) is 9.59 Å². The molecule has 0 bridgehead atoms. The Balaban J connectivity index is 2.85. The molecule has 0 aromatic carbocycles. The summed E-state index contributed by atoms with van der Waals surface area (Å²) in [4.78, 5) is 23.7. The topological polar surface area (TPSA) is 52.6 Å². The zero-order valence-corrected chi connectivity index (χ0v) is 11.1. The van der Waals surface area contributed by atoms with Gasteiger partial charge in [0, 0.05) is 6.42 Å². The number of esters is 1. The Morgan fingerprint density at radius 2 is 2.11 bits per heavy atom. The third-order valence-corrected chi connectivity index (χ3v) is 2.77. The van der Waals surface area contributed by atoms with E-state index in [4.69, 9.17) is 4.74 Å². The van der Waals surface area contributed by atoms with Crippen LogP contribution in [-0.4, -0.2) is 24.5 Å². The summed E-state index contributed by atoms with van der Waals surface area (Å²) in [7, 11) is 1.25. The van der Waals surface area contributed by atoms with Crippen molar-refractivity contribution in [2.45, 2.75) is 32.8 Å². The molecule has 0 spiro atoms. The van der Waals surface area contributed by atoms with Crippen molar-refractivity contribution < 1.29 is 19.1 Å². The van der Waals surface area contributed by atoms with Crippen molar-refractivity contribution in [2.75, 3.05) is 7.11 Å². The van der Waals surface area contributed by atoms with Gasteiger partial charge in [0.1, 0.15) is 11.3 Å². The second-order valence-electron chi connectivity index (χ2n) is 4.24. The molecular formula is C14H18O4. The minimum absolute atomic E-state index is 0.0134. The smallest absolute Gasteiger partial charge is 0.345 e. The van der Waals surface area contributed by atoms with Crippen LogP contribution < -0.4 is 0 Å². The summed E-state index contributed by atoms with van der Waals surface area (Å²) in [5.41, 5.74) is -0.995. The molecule has 1 heterocycles. The molecule has 4 heteroatoms. The third kappa shape index (κ3) is 2.70. The number of methoxy groups -OCH3 is 1. The van der Waals surface area contributed by atoms with Crippen molar-refractivity contribution in [1.29, 1.82) is 0 Å². The summed E-state index contributed by atoms with van der Waals surface area (Å²) in [6, 6.07) is 0. The number of hydrogen-bond donors (Lipinski definition) is 0. The van der Waals surface area contributed by atoms with Gasteiger partial charge in [0.15, 0.2) is 5.60 Å². The summed E-state index contributed by atoms with van der Waals surface area (Å²) in [5, 5.41) is 0. The van der Waals surface area contributed by atoms with E-state index in [1.807, 2.05) is 31.2 Å². The van der Waals surface area contributed by atoms with Crippen molar-refractivity contribution in [2.24, 2.45) is 0 Å². The summed E-state index contributed by atoms with van der Waals surface area (Å²) >= 11 is 0. The number of hydrogen-bond acceptors (Lipinski definition) is 4. The number of carbonyl (C=O) groups excluding carboxylic acids is 2. The van der Waals surface area contributed by atoms with Crippen molar-refractivity contribution in [3.8, 4) is 0 Å². The predicted octanol–water partition coefficient (Wildman–Crippen LogP) is 2.31. The maximum atomic E-state index is 12.2. The van der Waals surface area contributed by atoms with E-state index in [2.05, 4.69) is 4.74 Å². The van der Waals surface area contributed by atoms with E-state index >= 15 is 0 Å². The molecule has 1 aliphatic heterocycles. The molecule has 4 nitrogen and oxygen atoms in total. The fourth-order valence-electron chi connectivity index (χ4n) is 1.82. The maximum Gasteiger partial charge on any atom is 0.345 e. The molecule has 0 amide bonds. The molecule has 0 saturated heterocycles. The average Bonchev–Trinajstić information content (AvgIpc) is 2.55. The van der Waals surface area contributed by atoms with Crippen LogP contribution in [-0.2, 0) is 19.1 Å². The molecule has 1 rings (SSSR count). The molecule has 0 radical (unpaired) electrons.